The topological polar surface area (TPSA) is 127 Å². The number of phenolic OH excluding ortho intramolecular Hbond substituents is 2. The van der Waals surface area contributed by atoms with E-state index in [0.717, 1.165) is 17.7 Å². The maximum absolute atomic E-state index is 10.9. The molecule has 0 aliphatic rings. The minimum Gasteiger partial charge on any atom is -0.507 e. The van der Waals surface area contributed by atoms with E-state index in [-0.39, 0.29) is 11.3 Å². The van der Waals surface area contributed by atoms with Crippen molar-refractivity contribution in [3.63, 3.8) is 0 Å². The van der Waals surface area contributed by atoms with Crippen molar-refractivity contribution in [2.24, 2.45) is 5.10 Å². The highest BCUT2D eigenvalue weighted by atomic mass is 32.2. The molecule has 0 aliphatic carbocycles. The van der Waals surface area contributed by atoms with E-state index in [9.17, 15) is 20.3 Å². The van der Waals surface area contributed by atoms with Crippen LogP contribution in [0, 0.1) is 17.0 Å². The maximum atomic E-state index is 10.9. The molecule has 0 unspecified atom stereocenters. The van der Waals surface area contributed by atoms with Crippen molar-refractivity contribution in [3.8, 4) is 11.5 Å². The molecule has 3 aromatic rings. The summed E-state index contributed by atoms with van der Waals surface area (Å²) < 4.78 is 1.40. The van der Waals surface area contributed by atoms with Gasteiger partial charge in [0.2, 0.25) is 5.16 Å². The van der Waals surface area contributed by atoms with Gasteiger partial charge in [-0.2, -0.15) is 9.78 Å². The Kier molecular flexibility index (Phi) is 5.36. The molecule has 0 bridgehead atoms. The third kappa shape index (κ3) is 4.42. The number of aromatic nitrogens is 3. The largest absolute Gasteiger partial charge is 0.507 e. The van der Waals surface area contributed by atoms with Crippen molar-refractivity contribution < 1.29 is 15.1 Å². The molecule has 9 nitrogen and oxygen atoms in total. The molecular weight excluding hydrogens is 370 g/mol. The first-order valence-corrected chi connectivity index (χ1v) is 8.75. The number of nitrogens with zero attached hydrogens (tertiary/aromatic N) is 5. The molecule has 1 heterocycles. The number of aryl methyl sites for hydroxylation is 1. The summed E-state index contributed by atoms with van der Waals surface area (Å²) in [5.41, 5.74) is 1.87. The summed E-state index contributed by atoms with van der Waals surface area (Å²) in [5, 5.41) is 42.7. The lowest BCUT2D eigenvalue weighted by Gasteiger charge is -2.03. The molecule has 27 heavy (non-hydrogen) atoms. The van der Waals surface area contributed by atoms with Crippen LogP contribution >= 0.6 is 11.8 Å². The van der Waals surface area contributed by atoms with Crippen LogP contribution in [-0.2, 0) is 5.75 Å². The van der Waals surface area contributed by atoms with Crippen LogP contribution in [0.1, 0.15) is 16.7 Å². The van der Waals surface area contributed by atoms with Crippen LogP contribution in [0.3, 0.4) is 0 Å². The highest BCUT2D eigenvalue weighted by Gasteiger charge is 2.16. The number of benzene rings is 2. The zero-order chi connectivity index (χ0) is 19.4. The van der Waals surface area contributed by atoms with Gasteiger partial charge < -0.3 is 10.2 Å². The van der Waals surface area contributed by atoms with Crippen molar-refractivity contribution in [3.05, 3.63) is 69.5 Å². The molecule has 0 atom stereocenters. The molecule has 0 saturated heterocycles. The summed E-state index contributed by atoms with van der Waals surface area (Å²) in [6, 6.07) is 10.1. The Morgan fingerprint density at radius 2 is 2.00 bits per heavy atom. The lowest BCUT2D eigenvalue weighted by Crippen LogP contribution is -1.95. The van der Waals surface area contributed by atoms with Gasteiger partial charge in [0, 0.05) is 23.4 Å². The minimum absolute atomic E-state index is 0.0858. The second kappa shape index (κ2) is 7.87. The van der Waals surface area contributed by atoms with E-state index in [1.807, 2.05) is 31.2 Å². The molecule has 0 spiro atoms. The fourth-order valence-electron chi connectivity index (χ4n) is 2.18. The van der Waals surface area contributed by atoms with Crippen LogP contribution in [0.5, 0.6) is 11.5 Å². The number of phenols is 2. The van der Waals surface area contributed by atoms with E-state index in [1.165, 1.54) is 34.5 Å². The molecule has 0 amide bonds. The van der Waals surface area contributed by atoms with Gasteiger partial charge in [0.25, 0.3) is 0 Å². The van der Waals surface area contributed by atoms with Gasteiger partial charge >= 0.3 is 5.69 Å². The molecule has 2 aromatic carbocycles. The number of rotatable bonds is 6. The Labute approximate surface area is 158 Å². The normalized spacial score (nSPS) is 11.1. The van der Waals surface area contributed by atoms with E-state index in [2.05, 4.69) is 15.3 Å². The molecule has 0 saturated carbocycles. The van der Waals surface area contributed by atoms with Gasteiger partial charge in [0.1, 0.15) is 12.1 Å². The Balaban J connectivity index is 1.77. The van der Waals surface area contributed by atoms with Gasteiger partial charge in [-0.05, 0) is 12.5 Å². The summed E-state index contributed by atoms with van der Waals surface area (Å²) in [6.45, 7) is 2.02. The van der Waals surface area contributed by atoms with Crippen LogP contribution in [0.2, 0.25) is 0 Å². The average Bonchev–Trinajstić information content (AvgIpc) is 3.07. The third-order valence-corrected chi connectivity index (χ3v) is 4.64. The number of hydrogen-bond acceptors (Lipinski definition) is 8. The lowest BCUT2D eigenvalue weighted by molar-refractivity contribution is -0.385. The van der Waals surface area contributed by atoms with Gasteiger partial charge in [-0.3, -0.25) is 10.1 Å². The molecule has 1 aromatic heterocycles. The smallest absolute Gasteiger partial charge is 0.311 e. The highest BCUT2D eigenvalue weighted by molar-refractivity contribution is 7.98. The van der Waals surface area contributed by atoms with E-state index in [4.69, 9.17) is 0 Å². The van der Waals surface area contributed by atoms with E-state index in [0.29, 0.717) is 10.9 Å². The summed E-state index contributed by atoms with van der Waals surface area (Å²) >= 11 is 1.43. The predicted molar refractivity (Wildman–Crippen MR) is 100 cm³/mol. The zero-order valence-electron chi connectivity index (χ0n) is 14.2. The van der Waals surface area contributed by atoms with Crippen molar-refractivity contribution in [2.45, 2.75) is 17.8 Å². The summed E-state index contributed by atoms with van der Waals surface area (Å²) in [6.07, 6.45) is 2.63. The molecule has 3 rings (SSSR count). The molecule has 10 heteroatoms. The Morgan fingerprint density at radius 3 is 2.70 bits per heavy atom. The van der Waals surface area contributed by atoms with Gasteiger partial charge in [0.05, 0.1) is 11.1 Å². The van der Waals surface area contributed by atoms with E-state index < -0.39 is 16.4 Å². The zero-order valence-corrected chi connectivity index (χ0v) is 15.0. The van der Waals surface area contributed by atoms with Crippen LogP contribution in [0.4, 0.5) is 5.69 Å². The van der Waals surface area contributed by atoms with Crippen molar-refractivity contribution >= 4 is 23.7 Å². The molecule has 138 valence electrons. The van der Waals surface area contributed by atoms with E-state index >= 15 is 0 Å². The fourth-order valence-corrected chi connectivity index (χ4v) is 3.00. The van der Waals surface area contributed by atoms with Crippen LogP contribution in [0.25, 0.3) is 0 Å². The van der Waals surface area contributed by atoms with Crippen molar-refractivity contribution in [1.82, 2.24) is 14.9 Å². The Bertz CT molecular complexity index is 1000. The second-order valence-electron chi connectivity index (χ2n) is 5.63. The number of nitro groups is 1. The maximum Gasteiger partial charge on any atom is 0.311 e. The third-order valence-electron chi connectivity index (χ3n) is 3.63. The van der Waals surface area contributed by atoms with E-state index in [1.54, 1.807) is 0 Å². The van der Waals surface area contributed by atoms with Gasteiger partial charge in [-0.1, -0.05) is 41.6 Å². The molecule has 0 aliphatic heterocycles. The van der Waals surface area contributed by atoms with Gasteiger partial charge in [0.15, 0.2) is 5.75 Å². The van der Waals surface area contributed by atoms with Gasteiger partial charge in [-0.25, -0.2) is 0 Å². The average molecular weight is 385 g/mol. The summed E-state index contributed by atoms with van der Waals surface area (Å²) in [4.78, 5) is 10.2. The first kappa shape index (κ1) is 18.4. The van der Waals surface area contributed by atoms with Crippen LogP contribution in [0.15, 0.2) is 53.0 Å². The number of hydrogen-bond donors (Lipinski definition) is 2. The fraction of sp³-hybridized carbons (Fsp3) is 0.118. The first-order valence-electron chi connectivity index (χ1n) is 7.77. The lowest BCUT2D eigenvalue weighted by atomic mass is 10.2. The SMILES string of the molecule is Cc1ccc(CSc2nncn2/N=C\c2cc([N+](=O)[O-])c(O)cc2O)cc1. The standard InChI is InChI=1S/C17H15N5O4S/c1-11-2-4-12(5-3-11)9-27-17-20-18-10-21(17)19-8-13-6-14(22(25)26)16(24)7-15(13)23/h2-8,10,23-24H,9H2,1H3/b19-8-. The van der Waals surface area contributed by atoms with Crippen molar-refractivity contribution in [2.75, 3.05) is 0 Å². The molecule has 0 fully saturated rings. The van der Waals surface area contributed by atoms with Gasteiger partial charge in [-0.15, -0.1) is 10.2 Å². The number of nitro benzene ring substituents is 1. The van der Waals surface area contributed by atoms with Crippen LogP contribution in [-0.4, -0.2) is 36.2 Å². The monoisotopic (exact) mass is 385 g/mol. The summed E-state index contributed by atoms with van der Waals surface area (Å²) in [7, 11) is 0. The quantitative estimate of drug-likeness (QED) is 0.289. The predicted octanol–water partition coefficient (Wildman–Crippen LogP) is 3.08. The first-order chi connectivity index (χ1) is 12.9. The molecule has 2 N–H and O–H groups in total. The number of thioether (sulfide) groups is 1. The Morgan fingerprint density at radius 1 is 1.26 bits per heavy atom. The highest BCUT2D eigenvalue weighted by Crippen LogP contribution is 2.32. The minimum atomic E-state index is -0.742. The second-order valence-corrected chi connectivity index (χ2v) is 6.58. The molecular formula is C17H15N5O4S. The molecule has 0 radical (unpaired) electrons. The summed E-state index contributed by atoms with van der Waals surface area (Å²) in [5.74, 6) is -0.276. The Hall–Kier alpha value is -3.40. The van der Waals surface area contributed by atoms with Crippen molar-refractivity contribution in [1.29, 1.82) is 0 Å². The van der Waals surface area contributed by atoms with Crippen LogP contribution < -0.4 is 0 Å². The number of aromatic hydroxyl groups is 2.